The molecule has 2 saturated heterocycles. The number of piperidine rings is 2. The van der Waals surface area contributed by atoms with Crippen molar-refractivity contribution in [3.05, 3.63) is 73.1 Å². The van der Waals surface area contributed by atoms with Gasteiger partial charge in [0.25, 0.3) is 0 Å². The smallest absolute Gasteiger partial charge is 0.331 e. The van der Waals surface area contributed by atoms with Crippen LogP contribution in [-0.4, -0.2) is 97.7 Å². The molecule has 3 aliphatic carbocycles. The quantitative estimate of drug-likeness (QED) is 0.126. The molecule has 4 aromatic heterocycles. The van der Waals surface area contributed by atoms with Crippen molar-refractivity contribution < 1.29 is 24.2 Å². The lowest BCUT2D eigenvalue weighted by Gasteiger charge is -2.39. The third-order valence-corrected chi connectivity index (χ3v) is 13.2. The normalized spacial score (nSPS) is 22.4. The first-order valence-corrected chi connectivity index (χ1v) is 20.8. The van der Waals surface area contributed by atoms with E-state index in [0.717, 1.165) is 117 Å². The van der Waals surface area contributed by atoms with Crippen LogP contribution in [0.15, 0.2) is 67.5 Å². The van der Waals surface area contributed by atoms with Crippen molar-refractivity contribution in [1.82, 2.24) is 40.5 Å². The summed E-state index contributed by atoms with van der Waals surface area (Å²) >= 11 is 0. The minimum atomic E-state index is -0.997. The van der Waals surface area contributed by atoms with Gasteiger partial charge in [-0.15, -0.1) is 0 Å². The molecule has 304 valence electrons. The fourth-order valence-electron chi connectivity index (χ4n) is 9.67. The van der Waals surface area contributed by atoms with Crippen LogP contribution in [0.3, 0.4) is 0 Å². The molecule has 0 radical (unpaired) electrons. The second kappa shape index (κ2) is 16.0. The Morgan fingerprint density at radius 2 is 1.31 bits per heavy atom. The Kier molecular flexibility index (Phi) is 10.5. The van der Waals surface area contributed by atoms with Gasteiger partial charge in [0.1, 0.15) is 41.7 Å². The van der Waals surface area contributed by atoms with Gasteiger partial charge in [0.2, 0.25) is 11.8 Å². The summed E-state index contributed by atoms with van der Waals surface area (Å²) in [6.07, 6.45) is 16.4. The van der Waals surface area contributed by atoms with Crippen LogP contribution < -0.4 is 20.4 Å². The van der Waals surface area contributed by atoms with Crippen molar-refractivity contribution in [2.45, 2.75) is 82.9 Å². The maximum Gasteiger partial charge on any atom is 0.331 e. The maximum atomic E-state index is 13.1. The van der Waals surface area contributed by atoms with E-state index in [4.69, 9.17) is 4.74 Å². The van der Waals surface area contributed by atoms with Crippen LogP contribution in [0.1, 0.15) is 69.8 Å². The number of ether oxygens (including phenoxy) is 1. The highest BCUT2D eigenvalue weighted by Gasteiger charge is 2.56. The lowest BCUT2D eigenvalue weighted by molar-refractivity contribution is -0.154. The number of anilines is 2. The Hall–Kier alpha value is -5.57. The Morgan fingerprint density at radius 3 is 1.84 bits per heavy atom. The Labute approximate surface area is 336 Å². The monoisotopic (exact) mass is 788 g/mol. The molecule has 5 N–H and O–H groups in total. The van der Waals surface area contributed by atoms with Crippen molar-refractivity contribution in [3.8, 4) is 0 Å². The number of H-pyrrole nitrogens is 2. The van der Waals surface area contributed by atoms with Gasteiger partial charge in [-0.2, -0.15) is 0 Å². The van der Waals surface area contributed by atoms with Gasteiger partial charge in [0.05, 0.1) is 17.4 Å². The van der Waals surface area contributed by atoms with Gasteiger partial charge >= 0.3 is 5.97 Å². The number of hydrogen-bond acceptors (Lipinski definition) is 11. The zero-order chi connectivity index (χ0) is 39.7. The first-order chi connectivity index (χ1) is 28.3. The molecule has 15 nitrogen and oxygen atoms in total. The summed E-state index contributed by atoms with van der Waals surface area (Å²) in [5.74, 6) is 1.31. The van der Waals surface area contributed by atoms with Crippen LogP contribution in [0.25, 0.3) is 22.1 Å². The molecule has 5 aliphatic rings. The summed E-state index contributed by atoms with van der Waals surface area (Å²) in [5.41, 5.74) is 2.82. The molecule has 15 heteroatoms. The van der Waals surface area contributed by atoms with Gasteiger partial charge in [0, 0.05) is 57.0 Å². The SMILES string of the molecule is O=C(NCc1ccccc1)C1CCN(c2ncnc3[nH]ccc23)CC12CC2.O=C(N[C@H](CO)C(=O)OC1CCCC1)[C@H]1CCN(c2ncnc3[nH]ccc23)CC12CC2. The third-order valence-electron chi connectivity index (χ3n) is 13.2. The molecule has 2 spiro atoms. The highest BCUT2D eigenvalue weighted by molar-refractivity contribution is 5.90. The minimum absolute atomic E-state index is 0.0883. The van der Waals surface area contributed by atoms with Crippen molar-refractivity contribution in [3.63, 3.8) is 0 Å². The van der Waals surface area contributed by atoms with E-state index in [1.165, 1.54) is 0 Å². The van der Waals surface area contributed by atoms with Crippen LogP contribution in [0, 0.1) is 22.7 Å². The van der Waals surface area contributed by atoms with E-state index >= 15 is 0 Å². The number of nitrogens with zero attached hydrogens (tertiary/aromatic N) is 6. The molecule has 1 unspecified atom stereocenters. The topological polar surface area (TPSA) is 194 Å². The van der Waals surface area contributed by atoms with Gasteiger partial charge in [-0.1, -0.05) is 30.3 Å². The van der Waals surface area contributed by atoms with Gasteiger partial charge in [0.15, 0.2) is 6.04 Å². The second-order valence-electron chi connectivity index (χ2n) is 16.9. The summed E-state index contributed by atoms with van der Waals surface area (Å²) in [4.78, 5) is 66.9. The molecule has 5 aromatic rings. The number of aromatic amines is 2. The summed E-state index contributed by atoms with van der Waals surface area (Å²) in [6.45, 7) is 3.35. The molecular weight excluding hydrogens is 737 g/mol. The number of amides is 2. The lowest BCUT2D eigenvalue weighted by atomic mass is 9.81. The molecule has 0 bridgehead atoms. The van der Waals surface area contributed by atoms with Crippen molar-refractivity contribution >= 4 is 51.5 Å². The van der Waals surface area contributed by atoms with E-state index in [9.17, 15) is 19.5 Å². The van der Waals surface area contributed by atoms with Crippen molar-refractivity contribution in [2.75, 3.05) is 42.6 Å². The molecule has 2 amide bonds. The first kappa shape index (κ1) is 38.0. The number of rotatable bonds is 10. The number of aliphatic hydroxyl groups is 1. The molecule has 5 fully saturated rings. The third kappa shape index (κ3) is 7.71. The number of carbonyl (C=O) groups excluding carboxylic acids is 3. The average Bonchev–Trinajstić information content (AvgIpc) is 3.87. The van der Waals surface area contributed by atoms with Crippen molar-refractivity contribution in [2.24, 2.45) is 22.7 Å². The predicted molar refractivity (Wildman–Crippen MR) is 217 cm³/mol. The highest BCUT2D eigenvalue weighted by atomic mass is 16.5. The average molecular weight is 789 g/mol. The molecule has 3 saturated carbocycles. The number of aromatic nitrogens is 6. The first-order valence-electron chi connectivity index (χ1n) is 20.8. The summed E-state index contributed by atoms with van der Waals surface area (Å²) in [6, 6.07) is 13.1. The largest absolute Gasteiger partial charge is 0.461 e. The summed E-state index contributed by atoms with van der Waals surface area (Å²) in [7, 11) is 0. The number of carbonyl (C=O) groups is 3. The Bertz CT molecular complexity index is 2250. The Balaban J connectivity index is 0.000000152. The number of fused-ring (bicyclic) bond motifs is 2. The standard InChI is InChI=1S/C22H29N5O4.C21H23N5O/c28-11-17(21(30)31-14-3-1-2-4-14)26-20(29)16-6-10-27(12-22(16)7-8-22)19-15-5-9-23-18(15)24-13-25-19;27-20(23-12-15-4-2-1-3-5-15)17-7-11-26(13-21(17)8-9-21)19-16-6-10-22-18(16)24-14-25-19/h5,9,13-14,16-17,28H,1-4,6-8,10-12H2,(H,26,29)(H,23,24,25);1-6,10,14,17H,7-9,11-13H2,(H,23,27)(H,22,24,25)/t16-,17-;/m1./s1. The molecule has 3 atom stereocenters. The van der Waals surface area contributed by atoms with E-state index in [1.54, 1.807) is 12.7 Å². The molecular formula is C43H52N10O5. The predicted octanol–water partition coefficient (Wildman–Crippen LogP) is 4.41. The fourth-order valence-corrected chi connectivity index (χ4v) is 9.67. The van der Waals surface area contributed by atoms with Crippen LogP contribution >= 0.6 is 0 Å². The number of benzene rings is 1. The van der Waals surface area contributed by atoms with Gasteiger partial charge in [-0.05, 0) is 92.7 Å². The van der Waals surface area contributed by atoms with E-state index in [-0.39, 0.29) is 40.6 Å². The van der Waals surface area contributed by atoms with Gasteiger partial charge in [-0.3, -0.25) is 9.59 Å². The van der Waals surface area contributed by atoms with Crippen molar-refractivity contribution in [1.29, 1.82) is 0 Å². The molecule has 6 heterocycles. The maximum absolute atomic E-state index is 13.1. The molecule has 1 aromatic carbocycles. The van der Waals surface area contributed by atoms with Crippen LogP contribution in [0.5, 0.6) is 0 Å². The summed E-state index contributed by atoms with van der Waals surface area (Å²) < 4.78 is 5.49. The van der Waals surface area contributed by atoms with E-state index in [1.807, 2.05) is 54.9 Å². The zero-order valence-electron chi connectivity index (χ0n) is 32.7. The number of hydrogen-bond donors (Lipinski definition) is 5. The number of aliphatic hydroxyl groups excluding tert-OH is 1. The van der Waals surface area contributed by atoms with Crippen LogP contribution in [-0.2, 0) is 25.7 Å². The Morgan fingerprint density at radius 1 is 0.759 bits per heavy atom. The van der Waals surface area contributed by atoms with E-state index in [0.29, 0.717) is 19.5 Å². The van der Waals surface area contributed by atoms with Gasteiger partial charge in [-0.25, -0.2) is 24.7 Å². The molecule has 10 rings (SSSR count). The second-order valence-corrected chi connectivity index (χ2v) is 16.9. The number of esters is 1. The lowest BCUT2D eigenvalue weighted by Crippen LogP contribution is -2.52. The van der Waals surface area contributed by atoms with Crippen LogP contribution in [0.4, 0.5) is 11.6 Å². The number of nitrogens with one attached hydrogen (secondary N) is 4. The van der Waals surface area contributed by atoms with E-state index < -0.39 is 18.6 Å². The highest BCUT2D eigenvalue weighted by Crippen LogP contribution is 2.57. The minimum Gasteiger partial charge on any atom is -0.461 e. The molecule has 2 aliphatic heterocycles. The van der Waals surface area contributed by atoms with Crippen LogP contribution in [0.2, 0.25) is 0 Å². The van der Waals surface area contributed by atoms with Gasteiger partial charge < -0.3 is 40.2 Å². The van der Waals surface area contributed by atoms with E-state index in [2.05, 4.69) is 50.3 Å². The molecule has 58 heavy (non-hydrogen) atoms. The summed E-state index contributed by atoms with van der Waals surface area (Å²) in [5, 5.41) is 17.7. The fraction of sp³-hybridized carbons (Fsp3) is 0.512. The zero-order valence-corrected chi connectivity index (χ0v) is 32.7.